The zero-order valence-electron chi connectivity index (χ0n) is 14.4. The average Bonchev–Trinajstić information content (AvgIpc) is 2.64. The highest BCUT2D eigenvalue weighted by Crippen LogP contribution is 2.15. The van der Waals surface area contributed by atoms with E-state index in [1.54, 1.807) is 0 Å². The zero-order chi connectivity index (χ0) is 16.8. The van der Waals surface area contributed by atoms with Gasteiger partial charge in [0.2, 0.25) is 0 Å². The van der Waals surface area contributed by atoms with Crippen molar-refractivity contribution in [1.82, 2.24) is 15.2 Å². The molecule has 0 saturated carbocycles. The van der Waals surface area contributed by atoms with Gasteiger partial charge in [-0.25, -0.2) is 0 Å². The highest BCUT2D eigenvalue weighted by Gasteiger charge is 2.19. The highest BCUT2D eigenvalue weighted by molar-refractivity contribution is 5.80. The normalized spacial score (nSPS) is 15.5. The highest BCUT2D eigenvalue weighted by atomic mass is 15.3. The smallest absolute Gasteiger partial charge is 0.194 e. The van der Waals surface area contributed by atoms with Crippen LogP contribution in [0.4, 0.5) is 5.69 Å². The molecule has 126 valence electrons. The summed E-state index contributed by atoms with van der Waals surface area (Å²) in [6.07, 6.45) is 0. The van der Waals surface area contributed by atoms with Crippen molar-refractivity contribution in [2.75, 3.05) is 38.1 Å². The number of nitrogens with one attached hydrogen (secondary N) is 1. The van der Waals surface area contributed by atoms with E-state index in [1.807, 2.05) is 32.2 Å². The number of rotatable bonds is 3. The minimum absolute atomic E-state index is 0.702. The third-order valence-corrected chi connectivity index (χ3v) is 4.29. The van der Waals surface area contributed by atoms with Crippen LogP contribution in [0.3, 0.4) is 0 Å². The number of guanidine groups is 1. The molecule has 1 N–H and O–H groups in total. The molecule has 2 aromatic rings. The molecular formula is C19H25N5. The first-order valence-corrected chi connectivity index (χ1v) is 8.44. The summed E-state index contributed by atoms with van der Waals surface area (Å²) >= 11 is 0. The van der Waals surface area contributed by atoms with Crippen LogP contribution in [0.1, 0.15) is 11.4 Å². The number of para-hydroxylation sites is 1. The third kappa shape index (κ3) is 4.04. The Morgan fingerprint density at radius 2 is 1.79 bits per heavy atom. The summed E-state index contributed by atoms with van der Waals surface area (Å²) in [6.45, 7) is 6.67. The van der Waals surface area contributed by atoms with Crippen molar-refractivity contribution in [3.63, 3.8) is 0 Å². The molecule has 5 nitrogen and oxygen atoms in total. The van der Waals surface area contributed by atoms with E-state index in [1.165, 1.54) is 5.69 Å². The summed E-state index contributed by atoms with van der Waals surface area (Å²) in [5, 5.41) is 3.43. The number of benzene rings is 1. The summed E-state index contributed by atoms with van der Waals surface area (Å²) in [5.41, 5.74) is 3.38. The summed E-state index contributed by atoms with van der Waals surface area (Å²) < 4.78 is 0. The van der Waals surface area contributed by atoms with Crippen molar-refractivity contribution in [1.29, 1.82) is 0 Å². The molecule has 0 atom stereocenters. The maximum Gasteiger partial charge on any atom is 0.194 e. The maximum absolute atomic E-state index is 4.53. The van der Waals surface area contributed by atoms with E-state index < -0.39 is 0 Å². The number of aromatic nitrogens is 1. The van der Waals surface area contributed by atoms with E-state index in [9.17, 15) is 0 Å². The van der Waals surface area contributed by atoms with Gasteiger partial charge < -0.3 is 15.1 Å². The first-order chi connectivity index (χ1) is 11.8. The lowest BCUT2D eigenvalue weighted by Crippen LogP contribution is -2.52. The predicted molar refractivity (Wildman–Crippen MR) is 99.4 cm³/mol. The number of aliphatic imine (C=N–C) groups is 1. The SMILES string of the molecule is CN=C(NCc1cccc(C)n1)N1CCN(c2ccccc2)CC1. The summed E-state index contributed by atoms with van der Waals surface area (Å²) in [6, 6.07) is 16.7. The Kier molecular flexibility index (Phi) is 5.31. The van der Waals surface area contributed by atoms with Crippen LogP contribution < -0.4 is 10.2 Å². The van der Waals surface area contributed by atoms with Gasteiger partial charge in [-0.1, -0.05) is 24.3 Å². The minimum Gasteiger partial charge on any atom is -0.368 e. The van der Waals surface area contributed by atoms with Crippen LogP contribution in [0.25, 0.3) is 0 Å². The maximum atomic E-state index is 4.53. The van der Waals surface area contributed by atoms with Gasteiger partial charge in [0.15, 0.2) is 5.96 Å². The number of piperazine rings is 1. The fourth-order valence-electron chi connectivity index (χ4n) is 3.02. The standard InChI is InChI=1S/C19H25N5/c1-16-7-6-8-17(22-16)15-21-19(20-2)24-13-11-23(12-14-24)18-9-4-3-5-10-18/h3-10H,11-15H2,1-2H3,(H,20,21). The topological polar surface area (TPSA) is 43.8 Å². The van der Waals surface area contributed by atoms with Crippen LogP contribution in [-0.4, -0.2) is 49.1 Å². The number of hydrogen-bond acceptors (Lipinski definition) is 3. The molecule has 0 spiro atoms. The fraction of sp³-hybridized carbons (Fsp3) is 0.368. The first-order valence-electron chi connectivity index (χ1n) is 8.44. The van der Waals surface area contributed by atoms with Gasteiger partial charge in [0.1, 0.15) is 0 Å². The Bertz CT molecular complexity index is 675. The van der Waals surface area contributed by atoms with E-state index in [-0.39, 0.29) is 0 Å². The Hall–Kier alpha value is -2.56. The van der Waals surface area contributed by atoms with E-state index in [2.05, 4.69) is 55.4 Å². The van der Waals surface area contributed by atoms with Gasteiger partial charge in [0, 0.05) is 44.6 Å². The van der Waals surface area contributed by atoms with E-state index >= 15 is 0 Å². The molecule has 1 aromatic heterocycles. The molecule has 2 heterocycles. The summed E-state index contributed by atoms with van der Waals surface area (Å²) in [7, 11) is 1.84. The molecule has 24 heavy (non-hydrogen) atoms. The van der Waals surface area contributed by atoms with E-state index in [0.29, 0.717) is 6.54 Å². The van der Waals surface area contributed by atoms with Gasteiger partial charge in [0.25, 0.3) is 0 Å². The number of anilines is 1. The number of hydrogen-bond donors (Lipinski definition) is 1. The molecule has 1 aliphatic heterocycles. The largest absolute Gasteiger partial charge is 0.368 e. The van der Waals surface area contributed by atoms with Crippen molar-refractivity contribution in [3.05, 3.63) is 59.9 Å². The van der Waals surface area contributed by atoms with Crippen LogP contribution in [0.5, 0.6) is 0 Å². The zero-order valence-corrected chi connectivity index (χ0v) is 14.4. The number of nitrogens with zero attached hydrogens (tertiary/aromatic N) is 4. The van der Waals surface area contributed by atoms with Gasteiger partial charge in [-0.2, -0.15) is 0 Å². The van der Waals surface area contributed by atoms with Gasteiger partial charge >= 0.3 is 0 Å². The number of aryl methyl sites for hydroxylation is 1. The molecular weight excluding hydrogens is 298 g/mol. The molecule has 0 aliphatic carbocycles. The first kappa shape index (κ1) is 16.3. The van der Waals surface area contributed by atoms with Crippen molar-refractivity contribution < 1.29 is 0 Å². The van der Waals surface area contributed by atoms with Gasteiger partial charge in [-0.15, -0.1) is 0 Å². The van der Waals surface area contributed by atoms with Crippen molar-refractivity contribution in [2.24, 2.45) is 4.99 Å². The Labute approximate surface area is 144 Å². The molecule has 0 amide bonds. The molecule has 1 saturated heterocycles. The number of pyridine rings is 1. The monoisotopic (exact) mass is 323 g/mol. The second-order valence-electron chi connectivity index (χ2n) is 5.98. The molecule has 0 bridgehead atoms. The van der Waals surface area contributed by atoms with Crippen molar-refractivity contribution in [3.8, 4) is 0 Å². The molecule has 0 radical (unpaired) electrons. The van der Waals surface area contributed by atoms with Crippen molar-refractivity contribution >= 4 is 11.6 Å². The van der Waals surface area contributed by atoms with Crippen molar-refractivity contribution in [2.45, 2.75) is 13.5 Å². The predicted octanol–water partition coefficient (Wildman–Crippen LogP) is 2.29. The average molecular weight is 323 g/mol. The molecule has 0 unspecified atom stereocenters. The minimum atomic E-state index is 0.702. The van der Waals surface area contributed by atoms with E-state index in [0.717, 1.165) is 43.5 Å². The quantitative estimate of drug-likeness (QED) is 0.695. The Balaban J connectivity index is 1.54. The molecule has 5 heteroatoms. The van der Waals surface area contributed by atoms with Crippen LogP contribution in [0.2, 0.25) is 0 Å². The van der Waals surface area contributed by atoms with Crippen LogP contribution in [0.15, 0.2) is 53.5 Å². The van der Waals surface area contributed by atoms with Crippen LogP contribution in [-0.2, 0) is 6.54 Å². The summed E-state index contributed by atoms with van der Waals surface area (Å²) in [5.74, 6) is 0.950. The Morgan fingerprint density at radius 3 is 2.46 bits per heavy atom. The Morgan fingerprint density at radius 1 is 1.04 bits per heavy atom. The summed E-state index contributed by atoms with van der Waals surface area (Å²) in [4.78, 5) is 13.7. The van der Waals surface area contributed by atoms with Gasteiger partial charge in [-0.3, -0.25) is 9.98 Å². The van der Waals surface area contributed by atoms with Crippen LogP contribution in [0, 0.1) is 6.92 Å². The molecule has 3 rings (SSSR count). The lowest BCUT2D eigenvalue weighted by Gasteiger charge is -2.37. The lowest BCUT2D eigenvalue weighted by molar-refractivity contribution is 0.372. The fourth-order valence-corrected chi connectivity index (χ4v) is 3.02. The molecule has 1 fully saturated rings. The van der Waals surface area contributed by atoms with Gasteiger partial charge in [0.05, 0.1) is 12.2 Å². The second kappa shape index (κ2) is 7.81. The molecule has 1 aliphatic rings. The van der Waals surface area contributed by atoms with E-state index in [4.69, 9.17) is 0 Å². The lowest BCUT2D eigenvalue weighted by atomic mass is 10.2. The molecule has 1 aromatic carbocycles. The second-order valence-corrected chi connectivity index (χ2v) is 5.98. The van der Waals surface area contributed by atoms with Gasteiger partial charge in [-0.05, 0) is 31.2 Å². The third-order valence-electron chi connectivity index (χ3n) is 4.29. The van der Waals surface area contributed by atoms with Crippen LogP contribution >= 0.6 is 0 Å².